The predicted octanol–water partition coefficient (Wildman–Crippen LogP) is 4.26. The van der Waals surface area contributed by atoms with Gasteiger partial charge in [0.15, 0.2) is 0 Å². The summed E-state index contributed by atoms with van der Waals surface area (Å²) in [5.74, 6) is -1.32. The van der Waals surface area contributed by atoms with Crippen molar-refractivity contribution in [1.29, 1.82) is 0 Å². The van der Waals surface area contributed by atoms with Gasteiger partial charge in [-0.05, 0) is 46.9 Å². The number of rotatable bonds is 10. The fourth-order valence-electron chi connectivity index (χ4n) is 4.65. The standard InChI is InChI=1S/C27H32N2O5/c1-3-17(2)25(26(32)29(15-24(30)31)14-18-12-13-18)28-27(33)34-16-23-21-10-6-4-8-19(21)20-9-5-7-11-22(20)23/h4-11,17-18,23,25H,3,12-16H2,1-2H3,(H,28,33)(H,30,31)/t17?,25-/m0/s1. The summed E-state index contributed by atoms with van der Waals surface area (Å²) in [5, 5.41) is 12.0. The summed E-state index contributed by atoms with van der Waals surface area (Å²) in [6, 6.07) is 15.4. The van der Waals surface area contributed by atoms with Crippen LogP contribution in [0, 0.1) is 11.8 Å². The van der Waals surface area contributed by atoms with Crippen LogP contribution in [0.25, 0.3) is 11.1 Å². The van der Waals surface area contributed by atoms with Crippen molar-refractivity contribution in [2.24, 2.45) is 11.8 Å². The summed E-state index contributed by atoms with van der Waals surface area (Å²) >= 11 is 0. The van der Waals surface area contributed by atoms with Crippen LogP contribution < -0.4 is 5.32 Å². The van der Waals surface area contributed by atoms with Gasteiger partial charge >= 0.3 is 12.1 Å². The molecule has 2 aliphatic carbocycles. The first-order valence-electron chi connectivity index (χ1n) is 12.0. The highest BCUT2D eigenvalue weighted by Gasteiger charge is 2.35. The van der Waals surface area contributed by atoms with E-state index in [9.17, 15) is 19.5 Å². The van der Waals surface area contributed by atoms with Crippen molar-refractivity contribution in [3.8, 4) is 11.1 Å². The fraction of sp³-hybridized carbons (Fsp3) is 0.444. The summed E-state index contributed by atoms with van der Waals surface area (Å²) in [6.07, 6.45) is 1.99. The van der Waals surface area contributed by atoms with E-state index in [2.05, 4.69) is 29.6 Å². The average Bonchev–Trinajstić information content (AvgIpc) is 3.60. The number of benzene rings is 2. The molecule has 0 aromatic heterocycles. The van der Waals surface area contributed by atoms with Gasteiger partial charge < -0.3 is 20.1 Å². The quantitative estimate of drug-likeness (QED) is 0.548. The molecule has 0 heterocycles. The lowest BCUT2D eigenvalue weighted by Crippen LogP contribution is -2.53. The van der Waals surface area contributed by atoms with Gasteiger partial charge in [-0.3, -0.25) is 9.59 Å². The van der Waals surface area contributed by atoms with E-state index in [1.165, 1.54) is 4.90 Å². The second-order valence-electron chi connectivity index (χ2n) is 9.39. The van der Waals surface area contributed by atoms with Crippen molar-refractivity contribution < 1.29 is 24.2 Å². The Morgan fingerprint density at radius 2 is 1.65 bits per heavy atom. The minimum absolute atomic E-state index is 0.0747. The van der Waals surface area contributed by atoms with Crippen LogP contribution in [0.3, 0.4) is 0 Å². The number of hydrogen-bond acceptors (Lipinski definition) is 4. The Balaban J connectivity index is 1.44. The van der Waals surface area contributed by atoms with E-state index in [0.717, 1.165) is 35.1 Å². The molecular weight excluding hydrogens is 432 g/mol. The van der Waals surface area contributed by atoms with E-state index in [0.29, 0.717) is 18.9 Å². The lowest BCUT2D eigenvalue weighted by atomic mass is 9.97. The summed E-state index contributed by atoms with van der Waals surface area (Å²) in [5.41, 5.74) is 4.51. The van der Waals surface area contributed by atoms with Crippen LogP contribution >= 0.6 is 0 Å². The van der Waals surface area contributed by atoms with Gasteiger partial charge in [0.2, 0.25) is 5.91 Å². The van der Waals surface area contributed by atoms with Crippen LogP contribution in [0.4, 0.5) is 4.79 Å². The van der Waals surface area contributed by atoms with Gasteiger partial charge in [-0.1, -0.05) is 68.8 Å². The smallest absolute Gasteiger partial charge is 0.407 e. The molecule has 0 saturated heterocycles. The molecule has 0 radical (unpaired) electrons. The number of carboxylic acids is 1. The monoisotopic (exact) mass is 464 g/mol. The van der Waals surface area contributed by atoms with Gasteiger partial charge in [0.1, 0.15) is 19.2 Å². The number of carboxylic acid groups (broad SMARTS) is 1. The largest absolute Gasteiger partial charge is 0.480 e. The maximum Gasteiger partial charge on any atom is 0.407 e. The molecule has 2 aromatic rings. The Labute approximate surface area is 200 Å². The highest BCUT2D eigenvalue weighted by Crippen LogP contribution is 2.44. The molecule has 2 amide bonds. The summed E-state index contributed by atoms with van der Waals surface area (Å²) < 4.78 is 5.63. The predicted molar refractivity (Wildman–Crippen MR) is 128 cm³/mol. The lowest BCUT2D eigenvalue weighted by Gasteiger charge is -2.29. The average molecular weight is 465 g/mol. The van der Waals surface area contributed by atoms with Crippen molar-refractivity contribution in [2.45, 2.75) is 45.1 Å². The molecule has 2 aliphatic rings. The molecule has 34 heavy (non-hydrogen) atoms. The topological polar surface area (TPSA) is 95.9 Å². The van der Waals surface area contributed by atoms with Crippen molar-refractivity contribution in [1.82, 2.24) is 10.2 Å². The summed E-state index contributed by atoms with van der Waals surface area (Å²) in [6.45, 7) is 4.01. The Kier molecular flexibility index (Phi) is 7.20. The highest BCUT2D eigenvalue weighted by atomic mass is 16.5. The molecule has 2 atom stereocenters. The minimum Gasteiger partial charge on any atom is -0.480 e. The van der Waals surface area contributed by atoms with E-state index in [1.54, 1.807) is 0 Å². The second kappa shape index (κ2) is 10.3. The molecule has 4 rings (SSSR count). The minimum atomic E-state index is -1.06. The molecule has 1 unspecified atom stereocenters. The molecule has 2 aromatic carbocycles. The first kappa shape index (κ1) is 23.8. The summed E-state index contributed by atoms with van der Waals surface area (Å²) in [7, 11) is 0. The highest BCUT2D eigenvalue weighted by molar-refractivity contribution is 5.88. The molecule has 2 N–H and O–H groups in total. The Morgan fingerprint density at radius 3 is 2.18 bits per heavy atom. The SMILES string of the molecule is CCC(C)[C@H](NC(=O)OCC1c2ccccc2-c2ccccc21)C(=O)N(CC(=O)O)CC1CC1. The van der Waals surface area contributed by atoms with Gasteiger partial charge in [-0.25, -0.2) is 4.79 Å². The molecule has 0 spiro atoms. The number of carbonyl (C=O) groups is 3. The maximum atomic E-state index is 13.3. The van der Waals surface area contributed by atoms with E-state index in [4.69, 9.17) is 4.74 Å². The number of nitrogens with one attached hydrogen (secondary N) is 1. The number of hydrogen-bond donors (Lipinski definition) is 2. The number of amides is 2. The van der Waals surface area contributed by atoms with Gasteiger partial charge in [0.05, 0.1) is 0 Å². The Hall–Kier alpha value is -3.35. The normalized spacial score (nSPS) is 16.2. The third kappa shape index (κ3) is 5.24. The van der Waals surface area contributed by atoms with Crippen LogP contribution in [-0.2, 0) is 14.3 Å². The molecule has 0 aliphatic heterocycles. The number of ether oxygens (including phenoxy) is 1. The van der Waals surface area contributed by atoms with E-state index < -0.39 is 18.1 Å². The first-order chi connectivity index (χ1) is 16.4. The van der Waals surface area contributed by atoms with Crippen molar-refractivity contribution in [3.05, 3.63) is 59.7 Å². The third-order valence-corrected chi connectivity index (χ3v) is 6.91. The Bertz CT molecular complexity index is 1020. The zero-order chi connectivity index (χ0) is 24.2. The number of aliphatic carboxylic acids is 1. The van der Waals surface area contributed by atoms with Gasteiger partial charge in [0, 0.05) is 12.5 Å². The van der Waals surface area contributed by atoms with Crippen LogP contribution in [0.1, 0.15) is 50.2 Å². The molecule has 1 saturated carbocycles. The second-order valence-corrected chi connectivity index (χ2v) is 9.39. The van der Waals surface area contributed by atoms with Crippen molar-refractivity contribution in [3.63, 3.8) is 0 Å². The lowest BCUT2D eigenvalue weighted by molar-refractivity contribution is -0.146. The van der Waals surface area contributed by atoms with Crippen molar-refractivity contribution in [2.75, 3.05) is 19.7 Å². The number of alkyl carbamates (subject to hydrolysis) is 1. The van der Waals surface area contributed by atoms with Gasteiger partial charge in [-0.15, -0.1) is 0 Å². The zero-order valence-corrected chi connectivity index (χ0v) is 19.7. The molecule has 0 bridgehead atoms. The molecule has 7 heteroatoms. The number of carbonyl (C=O) groups excluding carboxylic acids is 2. The van der Waals surface area contributed by atoms with Crippen LogP contribution in [0.15, 0.2) is 48.5 Å². The van der Waals surface area contributed by atoms with Crippen LogP contribution in [0.5, 0.6) is 0 Å². The molecule has 1 fully saturated rings. The first-order valence-corrected chi connectivity index (χ1v) is 12.0. The summed E-state index contributed by atoms with van der Waals surface area (Å²) in [4.78, 5) is 38.8. The molecule has 180 valence electrons. The van der Waals surface area contributed by atoms with Gasteiger partial charge in [-0.2, -0.15) is 0 Å². The number of nitrogens with zero attached hydrogens (tertiary/aromatic N) is 1. The van der Waals surface area contributed by atoms with E-state index in [-0.39, 0.29) is 30.9 Å². The van der Waals surface area contributed by atoms with Gasteiger partial charge in [0.25, 0.3) is 0 Å². The maximum absolute atomic E-state index is 13.3. The Morgan fingerprint density at radius 1 is 1.06 bits per heavy atom. The van der Waals surface area contributed by atoms with E-state index in [1.807, 2.05) is 38.1 Å². The third-order valence-electron chi connectivity index (χ3n) is 6.91. The number of fused-ring (bicyclic) bond motifs is 3. The van der Waals surface area contributed by atoms with Crippen molar-refractivity contribution >= 4 is 18.0 Å². The van der Waals surface area contributed by atoms with E-state index >= 15 is 0 Å². The zero-order valence-electron chi connectivity index (χ0n) is 19.7. The molecule has 7 nitrogen and oxygen atoms in total. The van der Waals surface area contributed by atoms with Crippen LogP contribution in [0.2, 0.25) is 0 Å². The molecular formula is C27H32N2O5. The fourth-order valence-corrected chi connectivity index (χ4v) is 4.65. The van der Waals surface area contributed by atoms with Crippen LogP contribution in [-0.4, -0.2) is 53.7 Å².